The molecule has 0 spiro atoms. The molecule has 2 aliphatic rings. The molecule has 1 aliphatic heterocycles. The number of amides is 1. The fourth-order valence-electron chi connectivity index (χ4n) is 3.22. The summed E-state index contributed by atoms with van der Waals surface area (Å²) in [5, 5.41) is 8.93. The number of aliphatic carboxylic acids is 1. The van der Waals surface area contributed by atoms with Gasteiger partial charge in [-0.1, -0.05) is 27.2 Å². The van der Waals surface area contributed by atoms with Crippen LogP contribution >= 0.6 is 0 Å². The molecule has 18 heavy (non-hydrogen) atoms. The number of hydrogen-bond donors (Lipinski definition) is 1. The van der Waals surface area contributed by atoms with E-state index >= 15 is 0 Å². The molecular formula is C14H23NO3. The largest absolute Gasteiger partial charge is 0.481 e. The molecule has 102 valence electrons. The molecule has 2 rings (SSSR count). The molecule has 1 N–H and O–H groups in total. The van der Waals surface area contributed by atoms with Crippen LogP contribution in [-0.2, 0) is 9.59 Å². The molecule has 0 aromatic rings. The van der Waals surface area contributed by atoms with E-state index in [1.54, 1.807) is 6.92 Å². The number of carboxylic acid groups (broad SMARTS) is 1. The van der Waals surface area contributed by atoms with Crippen LogP contribution in [0.4, 0.5) is 0 Å². The fraction of sp³-hybridized carbons (Fsp3) is 0.857. The van der Waals surface area contributed by atoms with E-state index in [-0.39, 0.29) is 29.1 Å². The summed E-state index contributed by atoms with van der Waals surface area (Å²) in [5.74, 6) is -0.583. The SMILES string of the molecule is CC(C(=O)O)C1CN(C(=O)C2CCCC2(C)C)C1. The van der Waals surface area contributed by atoms with Crippen LogP contribution in [0.25, 0.3) is 0 Å². The third-order valence-corrected chi connectivity index (χ3v) is 4.87. The van der Waals surface area contributed by atoms with Gasteiger partial charge in [-0.25, -0.2) is 0 Å². The molecule has 4 heteroatoms. The lowest BCUT2D eigenvalue weighted by atomic mass is 9.79. The van der Waals surface area contributed by atoms with Crippen molar-refractivity contribution in [3.63, 3.8) is 0 Å². The molecule has 1 aliphatic carbocycles. The molecular weight excluding hydrogens is 230 g/mol. The van der Waals surface area contributed by atoms with Gasteiger partial charge in [-0.15, -0.1) is 0 Å². The number of carbonyl (C=O) groups is 2. The quantitative estimate of drug-likeness (QED) is 0.837. The van der Waals surface area contributed by atoms with Crippen LogP contribution in [-0.4, -0.2) is 35.0 Å². The van der Waals surface area contributed by atoms with E-state index < -0.39 is 5.97 Å². The number of nitrogens with zero attached hydrogens (tertiary/aromatic N) is 1. The highest BCUT2D eigenvalue weighted by Gasteiger charge is 2.45. The minimum Gasteiger partial charge on any atom is -0.481 e. The molecule has 2 fully saturated rings. The van der Waals surface area contributed by atoms with Crippen molar-refractivity contribution in [3.05, 3.63) is 0 Å². The highest BCUT2D eigenvalue weighted by molar-refractivity contribution is 5.81. The second-order valence-corrected chi connectivity index (χ2v) is 6.56. The van der Waals surface area contributed by atoms with E-state index in [1.807, 2.05) is 4.90 Å². The first-order valence-electron chi connectivity index (χ1n) is 6.84. The Hall–Kier alpha value is -1.06. The van der Waals surface area contributed by atoms with E-state index in [0.717, 1.165) is 19.3 Å². The molecule has 2 unspecified atom stereocenters. The van der Waals surface area contributed by atoms with Gasteiger partial charge in [0.2, 0.25) is 5.91 Å². The van der Waals surface area contributed by atoms with E-state index in [0.29, 0.717) is 13.1 Å². The van der Waals surface area contributed by atoms with E-state index in [4.69, 9.17) is 5.11 Å². The average molecular weight is 253 g/mol. The zero-order valence-electron chi connectivity index (χ0n) is 11.5. The molecule has 2 atom stereocenters. The Morgan fingerprint density at radius 2 is 1.94 bits per heavy atom. The second kappa shape index (κ2) is 4.56. The highest BCUT2D eigenvalue weighted by atomic mass is 16.4. The summed E-state index contributed by atoms with van der Waals surface area (Å²) in [4.78, 5) is 25.1. The van der Waals surface area contributed by atoms with Gasteiger partial charge in [-0.2, -0.15) is 0 Å². The molecule has 0 bridgehead atoms. The minimum absolute atomic E-state index is 0.112. The van der Waals surface area contributed by atoms with Gasteiger partial charge in [0.05, 0.1) is 5.92 Å². The van der Waals surface area contributed by atoms with Crippen LogP contribution in [0.5, 0.6) is 0 Å². The van der Waals surface area contributed by atoms with Crippen LogP contribution in [0.1, 0.15) is 40.0 Å². The van der Waals surface area contributed by atoms with Crippen molar-refractivity contribution in [1.29, 1.82) is 0 Å². The van der Waals surface area contributed by atoms with Crippen LogP contribution in [0, 0.1) is 23.2 Å². The van der Waals surface area contributed by atoms with Crippen molar-refractivity contribution in [2.24, 2.45) is 23.2 Å². The third-order valence-electron chi connectivity index (χ3n) is 4.87. The Kier molecular flexibility index (Phi) is 3.39. The zero-order chi connectivity index (χ0) is 13.5. The van der Waals surface area contributed by atoms with Gasteiger partial charge in [0.25, 0.3) is 0 Å². The van der Waals surface area contributed by atoms with Gasteiger partial charge < -0.3 is 10.0 Å². The van der Waals surface area contributed by atoms with E-state index in [2.05, 4.69) is 13.8 Å². The molecule has 1 heterocycles. The zero-order valence-corrected chi connectivity index (χ0v) is 11.5. The van der Waals surface area contributed by atoms with Gasteiger partial charge in [0.1, 0.15) is 0 Å². The summed E-state index contributed by atoms with van der Waals surface area (Å²) in [6.45, 7) is 7.31. The third kappa shape index (κ3) is 2.25. The smallest absolute Gasteiger partial charge is 0.306 e. The summed E-state index contributed by atoms with van der Waals surface area (Å²) < 4.78 is 0. The van der Waals surface area contributed by atoms with Gasteiger partial charge in [0, 0.05) is 24.9 Å². The molecule has 4 nitrogen and oxygen atoms in total. The van der Waals surface area contributed by atoms with Crippen LogP contribution in [0.3, 0.4) is 0 Å². The van der Waals surface area contributed by atoms with Gasteiger partial charge in [-0.05, 0) is 18.3 Å². The van der Waals surface area contributed by atoms with Crippen LogP contribution in [0.15, 0.2) is 0 Å². The van der Waals surface area contributed by atoms with Crippen molar-refractivity contribution >= 4 is 11.9 Å². The summed E-state index contributed by atoms with van der Waals surface area (Å²) in [5.41, 5.74) is 0.112. The number of carbonyl (C=O) groups excluding carboxylic acids is 1. The monoisotopic (exact) mass is 253 g/mol. The lowest BCUT2D eigenvalue weighted by Crippen LogP contribution is -2.56. The fourth-order valence-corrected chi connectivity index (χ4v) is 3.22. The maximum atomic E-state index is 12.4. The standard InChI is InChI=1S/C14H23NO3/c1-9(13(17)18)10-7-15(8-10)12(16)11-5-4-6-14(11,2)3/h9-11H,4-8H2,1-3H3,(H,17,18). The number of hydrogen-bond acceptors (Lipinski definition) is 2. The normalized spacial score (nSPS) is 28.8. The van der Waals surface area contributed by atoms with Crippen LogP contribution < -0.4 is 0 Å². The van der Waals surface area contributed by atoms with Gasteiger partial charge in [-0.3, -0.25) is 9.59 Å². The summed E-state index contributed by atoms with van der Waals surface area (Å²) in [7, 11) is 0. The predicted octanol–water partition coefficient (Wildman–Crippen LogP) is 1.99. The molecule has 0 aromatic carbocycles. The first-order chi connectivity index (χ1) is 8.33. The summed E-state index contributed by atoms with van der Waals surface area (Å²) in [6, 6.07) is 0. The topological polar surface area (TPSA) is 57.6 Å². The number of rotatable bonds is 3. The molecule has 1 amide bonds. The predicted molar refractivity (Wildman–Crippen MR) is 68.0 cm³/mol. The minimum atomic E-state index is -0.756. The lowest BCUT2D eigenvalue weighted by molar-refractivity contribution is -0.153. The second-order valence-electron chi connectivity index (χ2n) is 6.56. The van der Waals surface area contributed by atoms with Crippen molar-refractivity contribution < 1.29 is 14.7 Å². The summed E-state index contributed by atoms with van der Waals surface area (Å²) in [6.07, 6.45) is 3.24. The first-order valence-corrected chi connectivity index (χ1v) is 6.84. The first kappa shape index (κ1) is 13.4. The Balaban J connectivity index is 1.89. The van der Waals surface area contributed by atoms with E-state index in [9.17, 15) is 9.59 Å². The van der Waals surface area contributed by atoms with Gasteiger partial charge >= 0.3 is 5.97 Å². The van der Waals surface area contributed by atoms with Crippen molar-refractivity contribution in [2.45, 2.75) is 40.0 Å². The van der Waals surface area contributed by atoms with Gasteiger partial charge in [0.15, 0.2) is 0 Å². The molecule has 1 saturated heterocycles. The Labute approximate surface area is 108 Å². The van der Waals surface area contributed by atoms with E-state index in [1.165, 1.54) is 0 Å². The maximum absolute atomic E-state index is 12.4. The lowest BCUT2D eigenvalue weighted by Gasteiger charge is -2.44. The number of likely N-dealkylation sites (tertiary alicyclic amines) is 1. The molecule has 0 radical (unpaired) electrons. The Bertz CT molecular complexity index is 358. The molecule has 1 saturated carbocycles. The Morgan fingerprint density at radius 3 is 2.39 bits per heavy atom. The maximum Gasteiger partial charge on any atom is 0.306 e. The Morgan fingerprint density at radius 1 is 1.33 bits per heavy atom. The average Bonchev–Trinajstić information content (AvgIpc) is 2.55. The van der Waals surface area contributed by atoms with Crippen molar-refractivity contribution in [3.8, 4) is 0 Å². The highest BCUT2D eigenvalue weighted by Crippen LogP contribution is 2.44. The van der Waals surface area contributed by atoms with Crippen molar-refractivity contribution in [1.82, 2.24) is 4.90 Å². The molecule has 0 aromatic heterocycles. The summed E-state index contributed by atoms with van der Waals surface area (Å²) >= 11 is 0. The van der Waals surface area contributed by atoms with Crippen molar-refractivity contribution in [2.75, 3.05) is 13.1 Å². The van der Waals surface area contributed by atoms with Crippen LogP contribution in [0.2, 0.25) is 0 Å². The number of carboxylic acids is 1.